The lowest BCUT2D eigenvalue weighted by Crippen LogP contribution is -2.58. The van der Waals surface area contributed by atoms with Gasteiger partial charge in [0, 0.05) is 29.1 Å². The van der Waals surface area contributed by atoms with Crippen LogP contribution in [0.4, 0.5) is 5.69 Å². The lowest BCUT2D eigenvalue weighted by atomic mass is 9.57. The Morgan fingerprint density at radius 2 is 1.87 bits per heavy atom. The van der Waals surface area contributed by atoms with Gasteiger partial charge < -0.3 is 14.7 Å². The number of benzene rings is 2. The minimum atomic E-state index is -3.95. The van der Waals surface area contributed by atoms with E-state index in [1.54, 1.807) is 25.1 Å². The quantitative estimate of drug-likeness (QED) is 0.305. The van der Waals surface area contributed by atoms with Crippen LogP contribution in [-0.2, 0) is 23.1 Å². The number of amides is 1. The van der Waals surface area contributed by atoms with E-state index >= 15 is 0 Å². The minimum absolute atomic E-state index is 0.242. The molecule has 2 N–H and O–H groups in total. The van der Waals surface area contributed by atoms with Gasteiger partial charge in [0.05, 0.1) is 21.6 Å². The first-order chi connectivity index (χ1) is 22.1. The van der Waals surface area contributed by atoms with Crippen molar-refractivity contribution < 1.29 is 23.1 Å². The van der Waals surface area contributed by atoms with Gasteiger partial charge in [0.1, 0.15) is 12.4 Å². The molecular weight excluding hydrogens is 660 g/mol. The Balaban J connectivity index is 1.43. The van der Waals surface area contributed by atoms with Gasteiger partial charge in [0.25, 0.3) is 5.91 Å². The summed E-state index contributed by atoms with van der Waals surface area (Å²) in [6.07, 6.45) is 9.65. The zero-order valence-electron chi connectivity index (χ0n) is 26.6. The summed E-state index contributed by atoms with van der Waals surface area (Å²) in [6, 6.07) is 11.2. The number of thioether (sulfide) groups is 2. The van der Waals surface area contributed by atoms with E-state index in [4.69, 9.17) is 16.3 Å². The van der Waals surface area contributed by atoms with Crippen molar-refractivity contribution in [3.63, 3.8) is 0 Å². The lowest BCUT2D eigenvalue weighted by molar-refractivity contribution is -0.0488. The fraction of sp³-hybridized carbons (Fsp3) is 0.571. The van der Waals surface area contributed by atoms with Crippen LogP contribution >= 0.6 is 35.1 Å². The van der Waals surface area contributed by atoms with Gasteiger partial charge in [-0.25, -0.2) is 13.1 Å². The first-order valence-corrected chi connectivity index (χ1v) is 20.5. The molecule has 2 bridgehead atoms. The summed E-state index contributed by atoms with van der Waals surface area (Å²) >= 11 is 10.3. The van der Waals surface area contributed by atoms with Gasteiger partial charge in [-0.1, -0.05) is 36.7 Å². The number of aliphatic hydroxyl groups is 1. The number of halogens is 1. The number of nitrogens with one attached hydrogen (secondary N) is 1. The van der Waals surface area contributed by atoms with Crippen LogP contribution in [0.3, 0.4) is 0 Å². The number of aryl methyl sites for hydroxylation is 1. The average Bonchev–Trinajstić information content (AvgIpc) is 3.06. The number of hydrogen-bond donors (Lipinski definition) is 2. The molecule has 2 aromatic rings. The molecule has 2 aromatic carbocycles. The number of fused-ring (bicyclic) bond motifs is 3. The number of anilines is 1. The molecule has 1 amide bonds. The number of carbonyl (C=O) groups is 1. The highest BCUT2D eigenvalue weighted by atomic mass is 35.5. The summed E-state index contributed by atoms with van der Waals surface area (Å²) in [4.78, 5) is 15.8. The summed E-state index contributed by atoms with van der Waals surface area (Å²) < 4.78 is 35.8. The summed E-state index contributed by atoms with van der Waals surface area (Å²) in [7, 11) is -3.95. The van der Waals surface area contributed by atoms with E-state index in [0.717, 1.165) is 61.4 Å². The number of sulfonamides is 1. The Morgan fingerprint density at radius 1 is 1.07 bits per heavy atom. The molecule has 11 heteroatoms. The minimum Gasteiger partial charge on any atom is -0.487 e. The molecule has 6 rings (SSSR count). The Morgan fingerprint density at radius 3 is 2.63 bits per heavy atom. The van der Waals surface area contributed by atoms with Crippen LogP contribution in [0, 0.1) is 17.3 Å². The van der Waals surface area contributed by atoms with Crippen molar-refractivity contribution in [3.8, 4) is 5.75 Å². The van der Waals surface area contributed by atoms with E-state index in [2.05, 4.69) is 9.62 Å². The molecule has 46 heavy (non-hydrogen) atoms. The van der Waals surface area contributed by atoms with Crippen molar-refractivity contribution in [2.75, 3.05) is 29.5 Å². The molecule has 250 valence electrons. The zero-order chi connectivity index (χ0) is 32.5. The van der Waals surface area contributed by atoms with Crippen molar-refractivity contribution in [1.29, 1.82) is 0 Å². The maximum Gasteiger partial charge on any atom is 0.264 e. The van der Waals surface area contributed by atoms with Crippen LogP contribution in [0.1, 0.15) is 73.9 Å². The zero-order valence-corrected chi connectivity index (χ0v) is 29.8. The monoisotopic (exact) mass is 704 g/mol. The van der Waals surface area contributed by atoms with Crippen molar-refractivity contribution in [1.82, 2.24) is 4.72 Å². The van der Waals surface area contributed by atoms with Crippen LogP contribution < -0.4 is 14.4 Å². The summed E-state index contributed by atoms with van der Waals surface area (Å²) in [5.74, 6) is 2.20. The molecule has 0 radical (unpaired) electrons. The molecule has 0 aromatic heterocycles. The normalized spacial score (nSPS) is 31.6. The van der Waals surface area contributed by atoms with E-state index in [1.165, 1.54) is 12.0 Å². The summed E-state index contributed by atoms with van der Waals surface area (Å²) in [5.41, 5.74) is 3.03. The average molecular weight is 705 g/mol. The Kier molecular flexibility index (Phi) is 10.6. The van der Waals surface area contributed by atoms with Gasteiger partial charge in [-0.3, -0.25) is 4.79 Å². The number of aliphatic hydroxyl groups excluding tert-OH is 1. The van der Waals surface area contributed by atoms with E-state index in [1.807, 2.05) is 60.8 Å². The van der Waals surface area contributed by atoms with Crippen molar-refractivity contribution >= 4 is 56.7 Å². The highest BCUT2D eigenvalue weighted by Crippen LogP contribution is 2.60. The Bertz CT molecular complexity index is 1560. The molecule has 3 heterocycles. The maximum atomic E-state index is 13.5. The molecule has 1 aliphatic carbocycles. The second-order valence-corrected chi connectivity index (χ2v) is 18.5. The van der Waals surface area contributed by atoms with Gasteiger partial charge in [-0.05, 0) is 117 Å². The molecule has 1 unspecified atom stereocenters. The van der Waals surface area contributed by atoms with Crippen LogP contribution in [0.15, 0.2) is 48.6 Å². The largest absolute Gasteiger partial charge is 0.487 e. The predicted molar refractivity (Wildman–Crippen MR) is 191 cm³/mol. The highest BCUT2D eigenvalue weighted by molar-refractivity contribution is 8.17. The lowest BCUT2D eigenvalue weighted by Gasteiger charge is -2.57. The van der Waals surface area contributed by atoms with Gasteiger partial charge >= 0.3 is 0 Å². The molecule has 1 saturated carbocycles. The van der Waals surface area contributed by atoms with Crippen LogP contribution in [0.5, 0.6) is 5.75 Å². The smallest absolute Gasteiger partial charge is 0.264 e. The van der Waals surface area contributed by atoms with Gasteiger partial charge in [0.2, 0.25) is 10.0 Å². The van der Waals surface area contributed by atoms with E-state index in [-0.39, 0.29) is 27.4 Å². The molecule has 0 spiro atoms. The first kappa shape index (κ1) is 34.0. The standard InChI is InChI=1S/C35H45ClN2O5S3/c1-23-7-5-9-32(39)35(34-44-17-6-18-45-34)15-14-28(35)21-38-16-4-3-8-25-19-29(36)12-10-27(25)22-43-31-13-11-26(20-30(31)38)33(40)37-46(41,42)24(23)2/h5,9-13,19-20,23-24,28,32,34,39H,3-4,6-8,14-18,21-22H2,1-2H3,(H,37,40)/b9-5+/t23-,24+,28-,32?,35-/m0/s1. The topological polar surface area (TPSA) is 95.9 Å². The molecule has 2 fully saturated rings. The van der Waals surface area contributed by atoms with E-state index in [9.17, 15) is 18.3 Å². The Hall–Kier alpha value is -1.85. The van der Waals surface area contributed by atoms with Crippen LogP contribution in [0.25, 0.3) is 0 Å². The molecule has 7 nitrogen and oxygen atoms in total. The summed E-state index contributed by atoms with van der Waals surface area (Å²) in [5, 5.41) is 11.9. The summed E-state index contributed by atoms with van der Waals surface area (Å²) in [6.45, 7) is 5.34. The van der Waals surface area contributed by atoms with E-state index < -0.39 is 27.3 Å². The van der Waals surface area contributed by atoms with Gasteiger partial charge in [-0.15, -0.1) is 23.5 Å². The number of allylic oxidation sites excluding steroid dienone is 1. The third-order valence-electron chi connectivity index (χ3n) is 10.5. The van der Waals surface area contributed by atoms with Crippen LogP contribution in [-0.4, -0.2) is 60.0 Å². The fourth-order valence-electron chi connectivity index (χ4n) is 7.31. The molecule has 3 aliphatic heterocycles. The van der Waals surface area contributed by atoms with Gasteiger partial charge in [0.15, 0.2) is 0 Å². The fourth-order valence-corrected chi connectivity index (χ4v) is 12.5. The number of hydrogen-bond acceptors (Lipinski definition) is 8. The second-order valence-electron chi connectivity index (χ2n) is 13.3. The van der Waals surface area contributed by atoms with Crippen LogP contribution in [0.2, 0.25) is 5.02 Å². The third kappa shape index (κ3) is 6.98. The number of carbonyl (C=O) groups excluding carboxylic acids is 1. The first-order valence-electron chi connectivity index (χ1n) is 16.5. The predicted octanol–water partition coefficient (Wildman–Crippen LogP) is 7.06. The van der Waals surface area contributed by atoms with Crippen molar-refractivity contribution in [2.24, 2.45) is 17.3 Å². The second kappa shape index (κ2) is 14.3. The SMILES string of the molecule is C[C@@H]1[C@@H](C)C/C=C/C(O)[C@]2(C3SCCCS3)CC[C@H]2CN2CCCCc3cc(Cl)ccc3COc3ccc(cc32)C(=O)NS1(=O)=O. The number of nitrogens with zero attached hydrogens (tertiary/aromatic N) is 1. The number of rotatable bonds is 1. The highest BCUT2D eigenvalue weighted by Gasteiger charge is 2.57. The molecule has 1 saturated heterocycles. The molecule has 4 aliphatic rings. The third-order valence-corrected chi connectivity index (χ3v) is 16.0. The van der Waals surface area contributed by atoms with Crippen molar-refractivity contribution in [2.45, 2.75) is 81.3 Å². The number of ether oxygens (including phenoxy) is 1. The molecular formula is C35H45ClN2O5S3. The van der Waals surface area contributed by atoms with Gasteiger partial charge in [-0.2, -0.15) is 0 Å². The van der Waals surface area contributed by atoms with E-state index in [0.29, 0.717) is 30.3 Å². The Labute approximate surface area is 287 Å². The van der Waals surface area contributed by atoms with Crippen molar-refractivity contribution in [3.05, 3.63) is 70.3 Å². The molecule has 5 atom stereocenters. The maximum absolute atomic E-state index is 13.5.